The maximum Gasteiger partial charge on any atom is 0.188 e. The molecule has 0 saturated heterocycles. The lowest BCUT2D eigenvalue weighted by molar-refractivity contribution is 0.551. The molecule has 0 aromatic carbocycles. The Balaban J connectivity index is 1.38. The quantitative estimate of drug-likeness (QED) is 0.317. The minimum atomic E-state index is 0.681. The van der Waals surface area contributed by atoms with E-state index in [2.05, 4.69) is 81.1 Å². The van der Waals surface area contributed by atoms with Gasteiger partial charge in [-0.05, 0) is 79.5 Å². The average molecular weight is 476 g/mol. The molecule has 0 amide bonds. The van der Waals surface area contributed by atoms with E-state index in [4.69, 9.17) is 0 Å². The summed E-state index contributed by atoms with van der Waals surface area (Å²) in [5.74, 6) is 3.29. The van der Waals surface area contributed by atoms with Crippen molar-refractivity contribution in [3.05, 3.63) is 51.1 Å². The Morgan fingerprint density at radius 1 is 1.00 bits per heavy atom. The molecule has 2 aromatic rings. The average Bonchev–Trinajstić information content (AvgIpc) is 3.62. The van der Waals surface area contributed by atoms with E-state index in [0.717, 1.165) is 17.8 Å². The number of thiophene rings is 2. The second kappa shape index (κ2) is 10.7. The van der Waals surface area contributed by atoms with Gasteiger partial charge in [0.25, 0.3) is 0 Å². The Bertz CT molecular complexity index is 1000. The molecule has 175 valence electrons. The van der Waals surface area contributed by atoms with Crippen molar-refractivity contribution in [2.75, 3.05) is 0 Å². The Morgan fingerprint density at radius 3 is 2.58 bits per heavy atom. The summed E-state index contributed by atoms with van der Waals surface area (Å²) in [7, 11) is 2.52. The van der Waals surface area contributed by atoms with Gasteiger partial charge in [-0.1, -0.05) is 82.4 Å². The van der Waals surface area contributed by atoms with Crippen LogP contribution in [-0.2, 0) is 6.42 Å². The van der Waals surface area contributed by atoms with Crippen LogP contribution in [0.15, 0.2) is 35.8 Å². The van der Waals surface area contributed by atoms with E-state index in [1.807, 2.05) is 0 Å². The SMILES string of the molecule is CCCC(CC)c1cc(C2=CC=C(C3CCC(C)C3)[B]2)sc1-c1ccc(CC2CCCC2)s1. The van der Waals surface area contributed by atoms with Crippen molar-refractivity contribution in [2.45, 2.75) is 97.3 Å². The van der Waals surface area contributed by atoms with Gasteiger partial charge in [0.2, 0.25) is 0 Å². The molecule has 2 fully saturated rings. The van der Waals surface area contributed by atoms with Crippen LogP contribution in [0.4, 0.5) is 0 Å². The predicted molar refractivity (Wildman–Crippen MR) is 150 cm³/mol. The molecule has 1 radical (unpaired) electrons. The lowest BCUT2D eigenvalue weighted by atomic mass is 9.61. The zero-order chi connectivity index (χ0) is 22.8. The zero-order valence-electron chi connectivity index (χ0n) is 20.9. The minimum Gasteiger partial charge on any atom is -0.139 e. The van der Waals surface area contributed by atoms with Crippen molar-refractivity contribution >= 4 is 35.4 Å². The highest BCUT2D eigenvalue weighted by atomic mass is 32.1. The number of hydrogen-bond donors (Lipinski definition) is 0. The van der Waals surface area contributed by atoms with Crippen LogP contribution in [0.25, 0.3) is 15.2 Å². The van der Waals surface area contributed by atoms with E-state index in [9.17, 15) is 0 Å². The summed E-state index contributed by atoms with van der Waals surface area (Å²) in [5.41, 5.74) is 4.66. The van der Waals surface area contributed by atoms with E-state index in [1.54, 1.807) is 20.8 Å². The van der Waals surface area contributed by atoms with Gasteiger partial charge in [0.1, 0.15) is 0 Å². The number of hydrogen-bond acceptors (Lipinski definition) is 2. The second-order valence-electron chi connectivity index (χ2n) is 11.0. The van der Waals surface area contributed by atoms with Gasteiger partial charge in [-0.15, -0.1) is 22.7 Å². The molecular weight excluding hydrogens is 435 g/mol. The van der Waals surface area contributed by atoms with Crippen LogP contribution in [0.2, 0.25) is 0 Å². The van der Waals surface area contributed by atoms with Crippen molar-refractivity contribution in [2.24, 2.45) is 17.8 Å². The Morgan fingerprint density at radius 2 is 1.85 bits per heavy atom. The number of rotatable bonds is 9. The second-order valence-corrected chi connectivity index (χ2v) is 13.2. The standard InChI is InChI=1S/C30H40BS2/c1-4-8-22(5-2)25-19-29(27-15-14-26(31-27)23-12-11-20(3)17-23)33-30(25)28-16-13-24(32-28)18-21-9-6-7-10-21/h13-16,19-23H,4-12,17-18H2,1-3H3. The van der Waals surface area contributed by atoms with Gasteiger partial charge < -0.3 is 0 Å². The maximum absolute atomic E-state index is 2.57. The maximum atomic E-state index is 2.57. The largest absolute Gasteiger partial charge is 0.188 e. The lowest BCUT2D eigenvalue weighted by Crippen LogP contribution is -2.05. The third kappa shape index (κ3) is 5.30. The first kappa shape index (κ1) is 23.7. The van der Waals surface area contributed by atoms with Gasteiger partial charge in [0.15, 0.2) is 7.28 Å². The van der Waals surface area contributed by atoms with E-state index >= 15 is 0 Å². The predicted octanol–water partition coefficient (Wildman–Crippen LogP) is 9.88. The van der Waals surface area contributed by atoms with E-state index in [0.29, 0.717) is 5.92 Å². The highest BCUT2D eigenvalue weighted by Crippen LogP contribution is 2.46. The first-order valence-electron chi connectivity index (χ1n) is 13.6. The molecule has 3 atom stereocenters. The van der Waals surface area contributed by atoms with Crippen molar-refractivity contribution < 1.29 is 0 Å². The molecule has 0 bridgehead atoms. The van der Waals surface area contributed by atoms with Crippen LogP contribution < -0.4 is 0 Å². The Kier molecular flexibility index (Phi) is 7.67. The molecule has 3 heterocycles. The van der Waals surface area contributed by atoms with Crippen LogP contribution in [-0.4, -0.2) is 7.28 Å². The van der Waals surface area contributed by atoms with Gasteiger partial charge in [-0.3, -0.25) is 0 Å². The molecule has 33 heavy (non-hydrogen) atoms. The van der Waals surface area contributed by atoms with Crippen molar-refractivity contribution in [3.8, 4) is 9.75 Å². The van der Waals surface area contributed by atoms with E-state index in [-0.39, 0.29) is 0 Å². The monoisotopic (exact) mass is 475 g/mol. The summed E-state index contributed by atoms with van der Waals surface area (Å²) < 4.78 is 0. The molecule has 0 spiro atoms. The first-order valence-corrected chi connectivity index (χ1v) is 15.3. The third-order valence-electron chi connectivity index (χ3n) is 8.41. The zero-order valence-corrected chi connectivity index (χ0v) is 22.5. The van der Waals surface area contributed by atoms with Gasteiger partial charge in [0, 0.05) is 19.5 Å². The summed E-state index contributed by atoms with van der Waals surface area (Å²) >= 11 is 4.14. The van der Waals surface area contributed by atoms with Gasteiger partial charge >= 0.3 is 0 Å². The van der Waals surface area contributed by atoms with Crippen LogP contribution >= 0.6 is 22.7 Å². The van der Waals surface area contributed by atoms with Crippen molar-refractivity contribution in [3.63, 3.8) is 0 Å². The summed E-state index contributed by atoms with van der Waals surface area (Å²) in [5, 5.41) is 0. The molecule has 0 N–H and O–H groups in total. The summed E-state index contributed by atoms with van der Waals surface area (Å²) in [6, 6.07) is 7.43. The Labute approximate surface area is 210 Å². The van der Waals surface area contributed by atoms with Crippen molar-refractivity contribution in [1.82, 2.24) is 0 Å². The first-order chi connectivity index (χ1) is 16.1. The van der Waals surface area contributed by atoms with E-state index in [1.165, 1.54) is 85.9 Å². The number of allylic oxidation sites excluding steroid dienone is 3. The van der Waals surface area contributed by atoms with Gasteiger partial charge in [-0.2, -0.15) is 0 Å². The Hall–Kier alpha value is -1.06. The molecular formula is C30H40BS2. The fourth-order valence-corrected chi connectivity index (χ4v) is 8.96. The van der Waals surface area contributed by atoms with Crippen LogP contribution in [0.1, 0.15) is 106 Å². The van der Waals surface area contributed by atoms with Crippen LogP contribution in [0.5, 0.6) is 0 Å². The third-order valence-corrected chi connectivity index (χ3v) is 10.9. The van der Waals surface area contributed by atoms with Gasteiger partial charge in [0.05, 0.1) is 0 Å². The van der Waals surface area contributed by atoms with Crippen molar-refractivity contribution in [1.29, 1.82) is 0 Å². The molecule has 1 aliphatic heterocycles. The molecule has 3 aliphatic rings. The topological polar surface area (TPSA) is 0 Å². The van der Waals surface area contributed by atoms with E-state index < -0.39 is 0 Å². The molecule has 0 nitrogen and oxygen atoms in total. The minimum absolute atomic E-state index is 0.681. The molecule has 3 unspecified atom stereocenters. The molecule has 5 rings (SSSR count). The fourth-order valence-electron chi connectivity index (χ4n) is 6.46. The fraction of sp³-hybridized carbons (Fsp3) is 0.600. The van der Waals surface area contributed by atoms with Gasteiger partial charge in [-0.25, -0.2) is 0 Å². The molecule has 2 aromatic heterocycles. The highest BCUT2D eigenvalue weighted by molar-refractivity contribution is 7.23. The smallest absolute Gasteiger partial charge is 0.139 e. The highest BCUT2D eigenvalue weighted by Gasteiger charge is 2.28. The summed E-state index contributed by atoms with van der Waals surface area (Å²) in [6.07, 6.45) is 19.8. The normalized spacial score (nSPS) is 24.2. The van der Waals surface area contributed by atoms with Crippen LogP contribution in [0, 0.1) is 17.8 Å². The summed E-state index contributed by atoms with van der Waals surface area (Å²) in [6.45, 7) is 7.14. The van der Waals surface area contributed by atoms with Crippen LogP contribution in [0.3, 0.4) is 0 Å². The molecule has 2 saturated carbocycles. The lowest BCUT2D eigenvalue weighted by Gasteiger charge is -2.14. The molecule has 2 aliphatic carbocycles. The molecule has 3 heteroatoms. The summed E-state index contributed by atoms with van der Waals surface area (Å²) in [4.78, 5) is 6.16.